The van der Waals surface area contributed by atoms with Gasteiger partial charge in [-0.05, 0) is 80.9 Å². The number of likely N-dealkylation sites (N-methyl/N-ethyl adjacent to an activating group) is 2. The highest BCUT2D eigenvalue weighted by molar-refractivity contribution is 7.80. The normalized spacial score (nSPS) is 19.1. The summed E-state index contributed by atoms with van der Waals surface area (Å²) in [6.45, 7) is 7.09. The molecule has 0 bridgehead atoms. The highest BCUT2D eigenvalue weighted by Crippen LogP contribution is 2.50. The summed E-state index contributed by atoms with van der Waals surface area (Å²) in [5, 5.41) is 12.1. The Morgan fingerprint density at radius 2 is 1.50 bits per heavy atom. The largest absolute Gasteiger partial charge is 0.492 e. The van der Waals surface area contributed by atoms with Crippen LogP contribution in [0.3, 0.4) is 0 Å². The Kier molecular flexibility index (Phi) is 8.91. The van der Waals surface area contributed by atoms with E-state index in [1.807, 2.05) is 81.4 Å². The lowest BCUT2D eigenvalue weighted by Gasteiger charge is -2.35. The van der Waals surface area contributed by atoms with E-state index in [0.29, 0.717) is 32.7 Å². The van der Waals surface area contributed by atoms with E-state index in [-0.39, 0.29) is 16.4 Å². The Labute approximate surface area is 262 Å². The Bertz CT molecular complexity index is 1630. The summed E-state index contributed by atoms with van der Waals surface area (Å²) in [6.07, 6.45) is 3.90. The van der Waals surface area contributed by atoms with Crippen molar-refractivity contribution in [2.45, 2.75) is 32.6 Å². The first-order valence-corrected chi connectivity index (χ1v) is 15.0. The number of rotatable bonds is 10. The number of carbonyl (C=O) groups is 2. The van der Waals surface area contributed by atoms with Gasteiger partial charge in [0.15, 0.2) is 5.11 Å². The summed E-state index contributed by atoms with van der Waals surface area (Å²) in [6, 6.07) is 24.3. The van der Waals surface area contributed by atoms with Gasteiger partial charge in [-0.25, -0.2) is 0 Å². The molecule has 9 nitrogen and oxygen atoms in total. The van der Waals surface area contributed by atoms with E-state index in [4.69, 9.17) is 17.0 Å². The van der Waals surface area contributed by atoms with Gasteiger partial charge in [0.1, 0.15) is 17.9 Å². The molecule has 0 N–H and O–H groups in total. The molecule has 0 aliphatic carbocycles. The van der Waals surface area contributed by atoms with Crippen molar-refractivity contribution in [1.82, 2.24) is 9.80 Å². The van der Waals surface area contributed by atoms with Gasteiger partial charge in [-0.1, -0.05) is 48.5 Å². The number of fused-ring (bicyclic) bond motifs is 1. The number of thiocarbonyl (C=S) groups is 1. The maximum Gasteiger partial charge on any atom is 0.269 e. The van der Waals surface area contributed by atoms with Crippen molar-refractivity contribution in [3.63, 3.8) is 0 Å². The number of ether oxygens (including phenoxy) is 1. The van der Waals surface area contributed by atoms with Crippen molar-refractivity contribution in [3.8, 4) is 5.75 Å². The summed E-state index contributed by atoms with van der Waals surface area (Å²) in [5.74, 6) is -0.165. The molecule has 2 aliphatic heterocycles. The summed E-state index contributed by atoms with van der Waals surface area (Å²) in [4.78, 5) is 43.2. The molecule has 1 fully saturated rings. The van der Waals surface area contributed by atoms with Crippen molar-refractivity contribution in [2.24, 2.45) is 0 Å². The maximum absolute atomic E-state index is 13.4. The molecule has 0 radical (unpaired) electrons. The van der Waals surface area contributed by atoms with Gasteiger partial charge in [0.2, 0.25) is 0 Å². The molecule has 1 atom stereocenters. The van der Waals surface area contributed by atoms with Crippen molar-refractivity contribution >= 4 is 40.5 Å². The maximum atomic E-state index is 13.4. The summed E-state index contributed by atoms with van der Waals surface area (Å²) in [5.41, 5.74) is 2.69. The van der Waals surface area contributed by atoms with Gasteiger partial charge in [-0.3, -0.25) is 29.5 Å². The van der Waals surface area contributed by atoms with E-state index in [2.05, 4.69) is 4.90 Å². The second-order valence-corrected chi connectivity index (χ2v) is 11.1. The number of nitro benzene ring substituents is 1. The first kappa shape index (κ1) is 30.6. The molecule has 0 aromatic heterocycles. The minimum atomic E-state index is -0.739. The highest BCUT2D eigenvalue weighted by Gasteiger charge is 2.45. The van der Waals surface area contributed by atoms with E-state index < -0.39 is 22.2 Å². The molecule has 0 saturated carbocycles. The molecule has 2 aliphatic rings. The number of nitrogens with zero attached hydrogens (tertiary/aromatic N) is 4. The smallest absolute Gasteiger partial charge is 0.269 e. The van der Waals surface area contributed by atoms with Crippen molar-refractivity contribution in [2.75, 3.05) is 31.1 Å². The number of hydrogen-bond acceptors (Lipinski definition) is 7. The summed E-state index contributed by atoms with van der Waals surface area (Å²) in [7, 11) is 0. The van der Waals surface area contributed by atoms with Crippen LogP contribution in [0.1, 0.15) is 31.9 Å². The van der Waals surface area contributed by atoms with Crippen molar-refractivity contribution in [1.29, 1.82) is 0 Å². The van der Waals surface area contributed by atoms with E-state index >= 15 is 0 Å². The lowest BCUT2D eigenvalue weighted by Crippen LogP contribution is -2.55. The molecule has 44 heavy (non-hydrogen) atoms. The molecule has 5 rings (SSSR count). The number of para-hydroxylation sites is 1. The Morgan fingerprint density at radius 3 is 2.09 bits per heavy atom. The Morgan fingerprint density at radius 1 is 0.886 bits per heavy atom. The van der Waals surface area contributed by atoms with Gasteiger partial charge in [-0.2, -0.15) is 0 Å². The minimum absolute atomic E-state index is 0.00792. The number of benzene rings is 3. The standard InChI is InChI=1S/C34H34N4O5S/c1-4-35-31(39)27(32(40)36(5-2)33(35)44)17-19-30-34(3,23-24-12-8-6-9-13-24)28-22-25(38(41)42)16-18-29(28)37(30)20-21-43-26-14-10-7-11-15-26/h6-19,22H,4-5,20-21,23H2,1-3H3/b30-19+. The number of non-ortho nitro benzene ring substituents is 1. The summed E-state index contributed by atoms with van der Waals surface area (Å²) < 4.78 is 6.05. The molecule has 226 valence electrons. The van der Waals surface area contributed by atoms with Crippen LogP contribution in [-0.2, 0) is 21.4 Å². The zero-order valence-corrected chi connectivity index (χ0v) is 25.8. The number of carbonyl (C=O) groups excluding carboxylic acids is 2. The SMILES string of the molecule is CCN1C(=O)C(=C/C=C2/N(CCOc3ccccc3)c3ccc([N+](=O)[O-])cc3C2(C)Cc2ccccc2)C(=O)N(CC)C1=S. The van der Waals surface area contributed by atoms with E-state index in [0.717, 1.165) is 28.3 Å². The fourth-order valence-corrected chi connectivity index (χ4v) is 6.35. The predicted octanol–water partition coefficient (Wildman–Crippen LogP) is 5.80. The van der Waals surface area contributed by atoms with Crippen LogP contribution in [0.5, 0.6) is 5.75 Å². The second kappa shape index (κ2) is 12.8. The van der Waals surface area contributed by atoms with Crippen LogP contribution < -0.4 is 9.64 Å². The Hall–Kier alpha value is -4.83. The lowest BCUT2D eigenvalue weighted by molar-refractivity contribution is -0.384. The Balaban J connectivity index is 1.64. The fraction of sp³-hybridized carbons (Fsp3) is 0.265. The number of nitro groups is 1. The average Bonchev–Trinajstić information content (AvgIpc) is 3.24. The molecule has 2 heterocycles. The fourth-order valence-electron chi connectivity index (χ4n) is 5.92. The molecule has 10 heteroatoms. The minimum Gasteiger partial charge on any atom is -0.492 e. The zero-order chi connectivity index (χ0) is 31.4. The zero-order valence-electron chi connectivity index (χ0n) is 24.9. The number of hydrogen-bond donors (Lipinski definition) is 0. The van der Waals surface area contributed by atoms with Crippen LogP contribution in [0.25, 0.3) is 0 Å². The van der Waals surface area contributed by atoms with Crippen molar-refractivity contribution in [3.05, 3.63) is 124 Å². The highest BCUT2D eigenvalue weighted by atomic mass is 32.1. The van der Waals surface area contributed by atoms with Gasteiger partial charge in [0.25, 0.3) is 17.5 Å². The first-order valence-electron chi connectivity index (χ1n) is 14.6. The van der Waals surface area contributed by atoms with Crippen LogP contribution in [0, 0.1) is 10.1 Å². The van der Waals surface area contributed by atoms with Gasteiger partial charge < -0.3 is 9.64 Å². The third-order valence-corrected chi connectivity index (χ3v) is 8.55. The predicted molar refractivity (Wildman–Crippen MR) is 173 cm³/mol. The topological polar surface area (TPSA) is 96.2 Å². The van der Waals surface area contributed by atoms with Crippen molar-refractivity contribution < 1.29 is 19.2 Å². The number of allylic oxidation sites excluding steroid dienone is 3. The first-order chi connectivity index (χ1) is 21.2. The molecule has 3 aromatic rings. The third kappa shape index (κ3) is 5.72. The van der Waals surface area contributed by atoms with Crippen LogP contribution in [0.4, 0.5) is 11.4 Å². The van der Waals surface area contributed by atoms with Gasteiger partial charge in [0, 0.05) is 42.0 Å². The second-order valence-electron chi connectivity index (χ2n) is 10.8. The average molecular weight is 611 g/mol. The molecule has 2 amide bonds. The molecule has 1 unspecified atom stereocenters. The lowest BCUT2D eigenvalue weighted by atomic mass is 9.76. The van der Waals surface area contributed by atoms with Crippen LogP contribution in [-0.4, -0.2) is 57.9 Å². The third-order valence-electron chi connectivity index (χ3n) is 8.11. The monoisotopic (exact) mass is 610 g/mol. The molecular formula is C34H34N4O5S. The molecule has 3 aromatic carbocycles. The number of amides is 2. The number of anilines is 1. The van der Waals surface area contributed by atoms with Crippen LogP contribution in [0.2, 0.25) is 0 Å². The van der Waals surface area contributed by atoms with Gasteiger partial charge >= 0.3 is 0 Å². The summed E-state index contributed by atoms with van der Waals surface area (Å²) >= 11 is 5.43. The van der Waals surface area contributed by atoms with Crippen LogP contribution >= 0.6 is 12.2 Å². The van der Waals surface area contributed by atoms with Gasteiger partial charge in [-0.15, -0.1) is 0 Å². The molecule has 0 spiro atoms. The van der Waals surface area contributed by atoms with Crippen LogP contribution in [0.15, 0.2) is 102 Å². The van der Waals surface area contributed by atoms with E-state index in [1.54, 1.807) is 24.3 Å². The van der Waals surface area contributed by atoms with E-state index in [9.17, 15) is 19.7 Å². The van der Waals surface area contributed by atoms with E-state index in [1.165, 1.54) is 15.9 Å². The molecule has 1 saturated heterocycles. The molecular weight excluding hydrogens is 576 g/mol. The quantitative estimate of drug-likeness (QED) is 0.0941. The van der Waals surface area contributed by atoms with Gasteiger partial charge in [0.05, 0.1) is 11.5 Å².